The third-order valence-corrected chi connectivity index (χ3v) is 4.54. The van der Waals surface area contributed by atoms with E-state index >= 15 is 0 Å². The summed E-state index contributed by atoms with van der Waals surface area (Å²) < 4.78 is 49.6. The Bertz CT molecular complexity index is 1010. The molecule has 0 radical (unpaired) electrons. The summed E-state index contributed by atoms with van der Waals surface area (Å²) >= 11 is 0. The van der Waals surface area contributed by atoms with Gasteiger partial charge in [-0.3, -0.25) is 19.8 Å². The molecule has 0 aliphatic carbocycles. The Morgan fingerprint density at radius 3 is 2.47 bits per heavy atom. The van der Waals surface area contributed by atoms with Gasteiger partial charge in [0.05, 0.1) is 23.5 Å². The van der Waals surface area contributed by atoms with E-state index in [-0.39, 0.29) is 54.9 Å². The maximum Gasteiger partial charge on any atom is 0.416 e. The van der Waals surface area contributed by atoms with E-state index in [1.165, 1.54) is 31.4 Å². The van der Waals surface area contributed by atoms with Crippen LogP contribution in [0.2, 0.25) is 0 Å². The highest BCUT2D eigenvalue weighted by molar-refractivity contribution is 6.06. The molecule has 11 heteroatoms. The molecule has 1 fully saturated rings. The van der Waals surface area contributed by atoms with Gasteiger partial charge in [0.1, 0.15) is 12.4 Å². The summed E-state index contributed by atoms with van der Waals surface area (Å²) in [6.45, 7) is 0.288. The van der Waals surface area contributed by atoms with E-state index in [0.29, 0.717) is 5.69 Å². The minimum Gasteiger partial charge on any atom is -0.489 e. The zero-order chi connectivity index (χ0) is 23.3. The number of nitrogens with one attached hydrogen (secondary N) is 2. The highest BCUT2D eigenvalue weighted by atomic mass is 19.4. The summed E-state index contributed by atoms with van der Waals surface area (Å²) in [6, 6.07) is 8.44. The van der Waals surface area contributed by atoms with Crippen LogP contribution >= 0.6 is 0 Å². The van der Waals surface area contributed by atoms with Gasteiger partial charge in [0.2, 0.25) is 11.8 Å². The third-order valence-electron chi connectivity index (χ3n) is 4.54. The zero-order valence-corrected chi connectivity index (χ0v) is 17.0. The number of methoxy groups -OCH3 is 1. The zero-order valence-electron chi connectivity index (χ0n) is 17.0. The van der Waals surface area contributed by atoms with Crippen LogP contribution in [-0.2, 0) is 20.5 Å². The number of anilines is 2. The van der Waals surface area contributed by atoms with Gasteiger partial charge in [0.25, 0.3) is 5.91 Å². The number of alkyl halides is 3. The largest absolute Gasteiger partial charge is 0.489 e. The van der Waals surface area contributed by atoms with Gasteiger partial charge in [-0.15, -0.1) is 0 Å². The Morgan fingerprint density at radius 2 is 1.81 bits per heavy atom. The van der Waals surface area contributed by atoms with Gasteiger partial charge < -0.3 is 14.8 Å². The Kier molecular flexibility index (Phi) is 6.98. The Balaban J connectivity index is 1.79. The first-order chi connectivity index (χ1) is 15.2. The van der Waals surface area contributed by atoms with Crippen LogP contribution in [0.5, 0.6) is 5.75 Å². The number of halogens is 3. The molecule has 1 saturated heterocycles. The summed E-state index contributed by atoms with van der Waals surface area (Å²) in [6.07, 6.45) is -4.44. The highest BCUT2D eigenvalue weighted by Crippen LogP contribution is 2.35. The van der Waals surface area contributed by atoms with Crippen molar-refractivity contribution < 1.29 is 37.0 Å². The van der Waals surface area contributed by atoms with Crippen LogP contribution in [0.3, 0.4) is 0 Å². The van der Waals surface area contributed by atoms with Crippen molar-refractivity contribution in [2.45, 2.75) is 19.0 Å². The molecule has 0 atom stereocenters. The summed E-state index contributed by atoms with van der Waals surface area (Å²) in [5.41, 5.74) is 1.82. The van der Waals surface area contributed by atoms with Crippen molar-refractivity contribution in [2.75, 3.05) is 30.6 Å². The van der Waals surface area contributed by atoms with Gasteiger partial charge in [0.15, 0.2) is 0 Å². The molecule has 1 aliphatic heterocycles. The number of nitrogens with zero attached hydrogens (tertiary/aromatic N) is 1. The number of benzene rings is 2. The van der Waals surface area contributed by atoms with Crippen LogP contribution in [0, 0.1) is 0 Å². The minimum absolute atomic E-state index is 0.0571. The molecule has 32 heavy (non-hydrogen) atoms. The van der Waals surface area contributed by atoms with E-state index in [9.17, 15) is 27.6 Å². The fraction of sp³-hybridized carbons (Fsp3) is 0.286. The van der Waals surface area contributed by atoms with Gasteiger partial charge in [-0.25, -0.2) is 5.01 Å². The number of carbonyl (C=O) groups excluding carboxylic acids is 3. The molecule has 1 aliphatic rings. The maximum atomic E-state index is 13.1. The second-order valence-corrected chi connectivity index (χ2v) is 6.82. The van der Waals surface area contributed by atoms with Crippen LogP contribution in [0.25, 0.3) is 0 Å². The first-order valence-corrected chi connectivity index (χ1v) is 9.56. The number of ether oxygens (including phenoxy) is 2. The molecule has 0 saturated carbocycles. The lowest BCUT2D eigenvalue weighted by Crippen LogP contribution is -2.50. The van der Waals surface area contributed by atoms with E-state index in [4.69, 9.17) is 9.47 Å². The molecule has 2 aromatic carbocycles. The molecule has 1 heterocycles. The second kappa shape index (κ2) is 9.69. The Morgan fingerprint density at radius 1 is 1.09 bits per heavy atom. The van der Waals surface area contributed by atoms with E-state index in [1.807, 2.05) is 0 Å². The SMILES string of the molecule is COCCOc1ccc(C(F)(F)F)cc1NC(=O)c1ccc(N2NC(=O)CCC2=O)cc1. The van der Waals surface area contributed by atoms with Crippen molar-refractivity contribution >= 4 is 29.1 Å². The molecule has 8 nitrogen and oxygen atoms in total. The molecular weight excluding hydrogens is 431 g/mol. The van der Waals surface area contributed by atoms with Gasteiger partial charge >= 0.3 is 6.18 Å². The molecule has 2 aromatic rings. The molecule has 3 rings (SSSR count). The summed E-state index contributed by atoms with van der Waals surface area (Å²) in [7, 11) is 1.45. The highest BCUT2D eigenvalue weighted by Gasteiger charge is 2.31. The fourth-order valence-electron chi connectivity index (χ4n) is 2.90. The average molecular weight is 451 g/mol. The Hall–Kier alpha value is -3.60. The topological polar surface area (TPSA) is 97.0 Å². The van der Waals surface area contributed by atoms with Crippen LogP contribution in [-0.4, -0.2) is 38.0 Å². The van der Waals surface area contributed by atoms with Crippen molar-refractivity contribution in [1.82, 2.24) is 5.43 Å². The van der Waals surface area contributed by atoms with Gasteiger partial charge in [-0.1, -0.05) is 0 Å². The molecule has 0 spiro atoms. The van der Waals surface area contributed by atoms with Gasteiger partial charge in [0, 0.05) is 25.5 Å². The van der Waals surface area contributed by atoms with Crippen molar-refractivity contribution in [3.63, 3.8) is 0 Å². The number of rotatable bonds is 7. The summed E-state index contributed by atoms with van der Waals surface area (Å²) in [5.74, 6) is -1.23. The quantitative estimate of drug-likeness (QED) is 0.631. The van der Waals surface area contributed by atoms with Gasteiger partial charge in [-0.05, 0) is 42.5 Å². The number of hydrogen-bond donors (Lipinski definition) is 2. The molecule has 0 aromatic heterocycles. The lowest BCUT2D eigenvalue weighted by atomic mass is 10.1. The monoisotopic (exact) mass is 451 g/mol. The number of carbonyl (C=O) groups is 3. The van der Waals surface area contributed by atoms with Crippen LogP contribution in [0.1, 0.15) is 28.8 Å². The summed E-state index contributed by atoms with van der Waals surface area (Å²) in [5, 5.41) is 3.51. The first kappa shape index (κ1) is 23.1. The number of hydrogen-bond acceptors (Lipinski definition) is 5. The van der Waals surface area contributed by atoms with Crippen molar-refractivity contribution in [1.29, 1.82) is 0 Å². The van der Waals surface area contributed by atoms with Crippen LogP contribution in [0.15, 0.2) is 42.5 Å². The predicted molar refractivity (Wildman–Crippen MR) is 108 cm³/mol. The third kappa shape index (κ3) is 5.55. The van der Waals surface area contributed by atoms with E-state index < -0.39 is 17.6 Å². The molecule has 0 bridgehead atoms. The molecule has 2 N–H and O–H groups in total. The first-order valence-electron chi connectivity index (χ1n) is 9.56. The maximum absolute atomic E-state index is 13.1. The van der Waals surface area contributed by atoms with Crippen molar-refractivity contribution in [3.05, 3.63) is 53.6 Å². The smallest absolute Gasteiger partial charge is 0.416 e. The predicted octanol–water partition coefficient (Wildman–Crippen LogP) is 3.14. The normalized spacial score (nSPS) is 14.2. The van der Waals surface area contributed by atoms with Crippen LogP contribution < -0.4 is 20.5 Å². The Labute approximate surface area is 181 Å². The van der Waals surface area contributed by atoms with Crippen molar-refractivity contribution in [2.24, 2.45) is 0 Å². The lowest BCUT2D eigenvalue weighted by molar-refractivity contribution is -0.137. The summed E-state index contributed by atoms with van der Waals surface area (Å²) in [4.78, 5) is 36.1. The second-order valence-electron chi connectivity index (χ2n) is 6.82. The van der Waals surface area contributed by atoms with E-state index in [2.05, 4.69) is 10.7 Å². The molecule has 0 unspecified atom stereocenters. The number of hydrazine groups is 1. The van der Waals surface area contributed by atoms with E-state index in [0.717, 1.165) is 23.2 Å². The fourth-order valence-corrected chi connectivity index (χ4v) is 2.90. The van der Waals surface area contributed by atoms with Crippen LogP contribution in [0.4, 0.5) is 24.5 Å². The number of amides is 3. The van der Waals surface area contributed by atoms with E-state index in [1.54, 1.807) is 0 Å². The minimum atomic E-state index is -4.60. The molecule has 170 valence electrons. The molecular formula is C21H20F3N3O5. The van der Waals surface area contributed by atoms with Crippen molar-refractivity contribution in [3.8, 4) is 5.75 Å². The van der Waals surface area contributed by atoms with Gasteiger partial charge in [-0.2, -0.15) is 13.2 Å². The molecule has 3 amide bonds. The lowest BCUT2D eigenvalue weighted by Gasteiger charge is -2.27. The average Bonchev–Trinajstić information content (AvgIpc) is 2.76. The standard InChI is InChI=1S/C21H20F3N3O5/c1-31-10-11-32-17-7-4-14(21(22,23)24)12-16(17)25-20(30)13-2-5-15(6-3-13)27-19(29)9-8-18(28)26-27/h2-7,12H,8-11H2,1H3,(H,25,30)(H,26,28).